The zero-order valence-corrected chi connectivity index (χ0v) is 15.0. The van der Waals surface area contributed by atoms with Crippen LogP contribution >= 0.6 is 23.6 Å². The number of esters is 1. The third kappa shape index (κ3) is 8.25. The van der Waals surface area contributed by atoms with Crippen LogP contribution < -0.4 is 0 Å². The van der Waals surface area contributed by atoms with Crippen LogP contribution in [0.2, 0.25) is 0 Å². The molecule has 0 aliphatic carbocycles. The van der Waals surface area contributed by atoms with Crippen LogP contribution in [0.4, 0.5) is 0 Å². The van der Waals surface area contributed by atoms with Crippen LogP contribution in [-0.4, -0.2) is 47.3 Å². The topological polar surface area (TPSA) is 55.8 Å². The van der Waals surface area contributed by atoms with E-state index in [0.29, 0.717) is 0 Å². The fourth-order valence-corrected chi connectivity index (χ4v) is 2.03. The molecule has 0 saturated carbocycles. The summed E-state index contributed by atoms with van der Waals surface area (Å²) >= 11 is 6.75. The lowest BCUT2D eigenvalue weighted by molar-refractivity contribution is -0.164. The van der Waals surface area contributed by atoms with Crippen LogP contribution in [0.3, 0.4) is 0 Å². The highest BCUT2D eigenvalue weighted by atomic mass is 35.5. The van der Waals surface area contributed by atoms with Crippen molar-refractivity contribution in [1.82, 2.24) is 4.90 Å². The molecule has 0 N–H and O–H groups in total. The Labute approximate surface area is 144 Å². The maximum atomic E-state index is 12.6. The number of amides is 1. The molecule has 0 aromatic heterocycles. The van der Waals surface area contributed by atoms with E-state index < -0.39 is 12.1 Å². The minimum atomic E-state index is -0.833. The number of carbonyl (C=O) groups is 2. The molecule has 0 aliphatic rings. The maximum Gasteiger partial charge on any atom is 0.321 e. The van der Waals surface area contributed by atoms with Crippen molar-refractivity contribution in [2.75, 3.05) is 18.4 Å². The number of ether oxygens (including phenoxy) is 1. The van der Waals surface area contributed by atoms with E-state index in [1.54, 1.807) is 4.90 Å². The molecule has 1 amide bonds. The second-order valence-corrected chi connectivity index (χ2v) is 6.32. The predicted molar refractivity (Wildman–Crippen MR) is 92.9 cm³/mol. The number of hydrogen-bond donors (Lipinski definition) is 0. The Balaban J connectivity index is 0. The monoisotopic (exact) mass is 355 g/mol. The van der Waals surface area contributed by atoms with E-state index in [-0.39, 0.29) is 37.9 Å². The molecule has 0 aromatic rings. The normalized spacial score (nSPS) is 13.2. The second kappa shape index (κ2) is 13.0. The molecule has 132 valence electrons. The Morgan fingerprint density at radius 2 is 1.82 bits per heavy atom. The van der Waals surface area contributed by atoms with Crippen molar-refractivity contribution < 1.29 is 18.5 Å². The van der Waals surface area contributed by atoms with Gasteiger partial charge in [0.25, 0.3) is 5.91 Å². The summed E-state index contributed by atoms with van der Waals surface area (Å²) in [5.41, 5.74) is 0. The summed E-state index contributed by atoms with van der Waals surface area (Å²) in [5.74, 6) is -0.416. The number of nitrogens with zero attached hydrogens (tertiary/aromatic N) is 1. The standard InChI is InChI=1S/C14H26ClNO4S.CH4/c1-6-11(5)16(9-19-21-7-2)14(18)13(10(3)4)20-12(17)8-15;/h10-11,13H,6-9H2,1-5H3;1H4. The average molecular weight is 356 g/mol. The van der Waals surface area contributed by atoms with Gasteiger partial charge in [-0.15, -0.1) is 11.6 Å². The fraction of sp³-hybridized carbons (Fsp3) is 0.867. The highest BCUT2D eigenvalue weighted by Crippen LogP contribution is 2.16. The van der Waals surface area contributed by atoms with Gasteiger partial charge in [0.15, 0.2) is 6.10 Å². The first-order valence-corrected chi connectivity index (χ1v) is 8.63. The smallest absolute Gasteiger partial charge is 0.321 e. The van der Waals surface area contributed by atoms with Gasteiger partial charge >= 0.3 is 5.97 Å². The number of carbonyl (C=O) groups excluding carboxylic acids is 2. The van der Waals surface area contributed by atoms with Crippen LogP contribution in [0.15, 0.2) is 0 Å². The molecule has 0 rings (SSSR count). The first-order valence-electron chi connectivity index (χ1n) is 7.19. The van der Waals surface area contributed by atoms with Crippen molar-refractivity contribution in [1.29, 1.82) is 0 Å². The zero-order chi connectivity index (χ0) is 16.4. The Morgan fingerprint density at radius 1 is 1.23 bits per heavy atom. The first kappa shape index (κ1) is 23.8. The van der Waals surface area contributed by atoms with E-state index in [9.17, 15) is 9.59 Å². The van der Waals surface area contributed by atoms with E-state index in [1.165, 1.54) is 12.0 Å². The van der Waals surface area contributed by atoms with Crippen LogP contribution in [-0.2, 0) is 18.5 Å². The summed E-state index contributed by atoms with van der Waals surface area (Å²) < 4.78 is 10.6. The van der Waals surface area contributed by atoms with Crippen LogP contribution in [0.25, 0.3) is 0 Å². The van der Waals surface area contributed by atoms with E-state index in [1.807, 2.05) is 34.6 Å². The number of alkyl halides is 1. The fourth-order valence-electron chi connectivity index (χ4n) is 1.61. The highest BCUT2D eigenvalue weighted by Gasteiger charge is 2.32. The third-order valence-electron chi connectivity index (χ3n) is 3.02. The van der Waals surface area contributed by atoms with Gasteiger partial charge in [0.2, 0.25) is 0 Å². The van der Waals surface area contributed by atoms with Crippen LogP contribution in [0, 0.1) is 5.92 Å². The summed E-state index contributed by atoms with van der Waals surface area (Å²) in [5, 5.41) is 0. The lowest BCUT2D eigenvalue weighted by Gasteiger charge is -2.32. The maximum absolute atomic E-state index is 12.6. The van der Waals surface area contributed by atoms with Crippen molar-refractivity contribution in [3.63, 3.8) is 0 Å². The summed E-state index contributed by atoms with van der Waals surface area (Å²) in [7, 11) is 0. The highest BCUT2D eigenvalue weighted by molar-refractivity contribution is 7.94. The van der Waals surface area contributed by atoms with Gasteiger partial charge in [-0.25, -0.2) is 0 Å². The van der Waals surface area contributed by atoms with Crippen LogP contribution in [0.5, 0.6) is 0 Å². The minimum absolute atomic E-state index is 0. The largest absolute Gasteiger partial charge is 0.451 e. The molecule has 0 radical (unpaired) electrons. The second-order valence-electron chi connectivity index (χ2n) is 5.01. The summed E-state index contributed by atoms with van der Waals surface area (Å²) in [6.07, 6.45) is -0.0411. The Morgan fingerprint density at radius 3 is 2.23 bits per heavy atom. The van der Waals surface area contributed by atoms with Gasteiger partial charge in [0.1, 0.15) is 12.6 Å². The molecule has 0 saturated heterocycles. The van der Waals surface area contributed by atoms with Crippen molar-refractivity contribution in [2.45, 2.75) is 60.6 Å². The lowest BCUT2D eigenvalue weighted by atomic mass is 10.0. The Hall–Kier alpha value is -0.460. The van der Waals surface area contributed by atoms with Crippen molar-refractivity contribution in [3.05, 3.63) is 0 Å². The molecule has 0 bridgehead atoms. The van der Waals surface area contributed by atoms with Gasteiger partial charge in [-0.05, 0) is 31.3 Å². The summed E-state index contributed by atoms with van der Waals surface area (Å²) in [6.45, 7) is 9.75. The Bertz CT molecular complexity index is 329. The van der Waals surface area contributed by atoms with E-state index >= 15 is 0 Å². The van der Waals surface area contributed by atoms with Gasteiger partial charge in [-0.3, -0.25) is 13.8 Å². The zero-order valence-electron chi connectivity index (χ0n) is 13.4. The third-order valence-corrected chi connectivity index (χ3v) is 3.74. The average Bonchev–Trinajstić information content (AvgIpc) is 2.47. The molecule has 0 heterocycles. The van der Waals surface area contributed by atoms with Crippen molar-refractivity contribution in [3.8, 4) is 0 Å². The van der Waals surface area contributed by atoms with Crippen LogP contribution in [0.1, 0.15) is 48.5 Å². The van der Waals surface area contributed by atoms with Gasteiger partial charge in [0.05, 0.1) is 0 Å². The molecule has 5 nitrogen and oxygen atoms in total. The molecule has 7 heteroatoms. The van der Waals surface area contributed by atoms with Gasteiger partial charge in [0, 0.05) is 11.8 Å². The predicted octanol–water partition coefficient (Wildman–Crippen LogP) is 3.70. The quantitative estimate of drug-likeness (QED) is 0.196. The Kier molecular flexibility index (Phi) is 14.1. The molecule has 0 aliphatic heterocycles. The molecular formula is C15H30ClNO4S. The summed E-state index contributed by atoms with van der Waals surface area (Å²) in [6, 6.07) is 0.00547. The lowest BCUT2D eigenvalue weighted by Crippen LogP contribution is -2.48. The number of halogens is 1. The number of hydrogen-bond acceptors (Lipinski definition) is 5. The van der Waals surface area contributed by atoms with E-state index in [4.69, 9.17) is 20.5 Å². The molecule has 0 spiro atoms. The number of rotatable bonds is 10. The van der Waals surface area contributed by atoms with Gasteiger partial charge in [-0.1, -0.05) is 35.1 Å². The molecule has 2 unspecified atom stereocenters. The molecule has 2 atom stereocenters. The minimum Gasteiger partial charge on any atom is -0.451 e. The van der Waals surface area contributed by atoms with Crippen molar-refractivity contribution >= 4 is 35.5 Å². The molecule has 22 heavy (non-hydrogen) atoms. The van der Waals surface area contributed by atoms with Crippen molar-refractivity contribution in [2.24, 2.45) is 5.92 Å². The molecule has 0 aromatic carbocycles. The van der Waals surface area contributed by atoms with E-state index in [0.717, 1.165) is 12.2 Å². The SMILES string of the molecule is C.CCSOCN(C(=O)C(OC(=O)CCl)C(C)C)C(C)CC. The van der Waals surface area contributed by atoms with Gasteiger partial charge < -0.3 is 9.64 Å². The van der Waals surface area contributed by atoms with Gasteiger partial charge in [-0.2, -0.15) is 0 Å². The molecule has 0 fully saturated rings. The molecular weight excluding hydrogens is 326 g/mol. The van der Waals surface area contributed by atoms with E-state index in [2.05, 4.69) is 0 Å². The first-order chi connectivity index (χ1) is 9.88. The summed E-state index contributed by atoms with van der Waals surface area (Å²) in [4.78, 5) is 25.6.